The van der Waals surface area contributed by atoms with Crippen molar-refractivity contribution in [2.24, 2.45) is 0 Å². The van der Waals surface area contributed by atoms with Gasteiger partial charge in [0.1, 0.15) is 0 Å². The molecule has 0 spiro atoms. The van der Waals surface area contributed by atoms with Gasteiger partial charge in [-0.1, -0.05) is 0 Å². The van der Waals surface area contributed by atoms with Crippen LogP contribution in [0.1, 0.15) is 24.3 Å². The number of hydrogen-bond donors (Lipinski definition) is 1. The Morgan fingerprint density at radius 2 is 2.27 bits per heavy atom. The number of aromatic nitrogens is 1. The summed E-state index contributed by atoms with van der Waals surface area (Å²) in [4.78, 5) is 15.6. The topological polar surface area (TPSA) is 51.2 Å². The van der Waals surface area contributed by atoms with Gasteiger partial charge >= 0.3 is 5.97 Å². The van der Waals surface area contributed by atoms with E-state index in [2.05, 4.69) is 26.2 Å². The maximum atomic E-state index is 11.6. The number of rotatable bonds is 3. The van der Waals surface area contributed by atoms with Crippen LogP contribution < -0.4 is 5.32 Å². The van der Waals surface area contributed by atoms with Crippen molar-refractivity contribution in [1.29, 1.82) is 0 Å². The molecular weight excluding hydrogens is 260 g/mol. The second kappa shape index (κ2) is 5.11. The lowest BCUT2D eigenvalue weighted by atomic mass is 10.3. The lowest BCUT2D eigenvalue weighted by Gasteiger charge is -2.10. The number of halogens is 1. The molecule has 15 heavy (non-hydrogen) atoms. The predicted molar refractivity (Wildman–Crippen MR) is 62.0 cm³/mol. The Kier molecular flexibility index (Phi) is 4.08. The van der Waals surface area contributed by atoms with Gasteiger partial charge in [-0.3, -0.25) is 0 Å². The monoisotopic (exact) mass is 272 g/mol. The molecule has 5 heteroatoms. The number of nitrogens with zero attached hydrogens (tertiary/aromatic N) is 1. The SMILES string of the molecule is CNc1cc(Br)cnc1C(=O)OC(C)C. The molecule has 0 aromatic carbocycles. The van der Waals surface area contributed by atoms with Crippen molar-refractivity contribution in [2.45, 2.75) is 20.0 Å². The van der Waals surface area contributed by atoms with Crippen LogP contribution in [0.2, 0.25) is 0 Å². The van der Waals surface area contributed by atoms with Crippen LogP contribution in [0.15, 0.2) is 16.7 Å². The molecular formula is C10H13BrN2O2. The van der Waals surface area contributed by atoms with Crippen LogP contribution in [0.3, 0.4) is 0 Å². The average molecular weight is 273 g/mol. The molecule has 0 unspecified atom stereocenters. The zero-order valence-electron chi connectivity index (χ0n) is 8.87. The van der Waals surface area contributed by atoms with Gasteiger partial charge in [-0.15, -0.1) is 0 Å². The lowest BCUT2D eigenvalue weighted by molar-refractivity contribution is 0.0372. The summed E-state index contributed by atoms with van der Waals surface area (Å²) in [5, 5.41) is 2.90. The first-order valence-electron chi connectivity index (χ1n) is 4.59. The molecule has 0 aliphatic rings. The summed E-state index contributed by atoms with van der Waals surface area (Å²) in [5.74, 6) is -0.415. The van der Waals surface area contributed by atoms with Gasteiger partial charge in [0.2, 0.25) is 0 Å². The fraction of sp³-hybridized carbons (Fsp3) is 0.400. The smallest absolute Gasteiger partial charge is 0.359 e. The summed E-state index contributed by atoms with van der Waals surface area (Å²) < 4.78 is 5.87. The summed E-state index contributed by atoms with van der Waals surface area (Å²) in [5.41, 5.74) is 0.949. The van der Waals surface area contributed by atoms with Crippen LogP contribution in [0.5, 0.6) is 0 Å². The molecule has 0 atom stereocenters. The first-order valence-corrected chi connectivity index (χ1v) is 5.38. The minimum absolute atomic E-state index is 0.146. The molecule has 0 aliphatic heterocycles. The van der Waals surface area contributed by atoms with E-state index in [9.17, 15) is 4.79 Å². The van der Waals surface area contributed by atoms with Gasteiger partial charge < -0.3 is 10.1 Å². The molecule has 4 nitrogen and oxygen atoms in total. The third kappa shape index (κ3) is 3.20. The van der Waals surface area contributed by atoms with Crippen LogP contribution in [0.25, 0.3) is 0 Å². The zero-order valence-corrected chi connectivity index (χ0v) is 10.5. The number of esters is 1. The Morgan fingerprint density at radius 1 is 1.60 bits per heavy atom. The lowest BCUT2D eigenvalue weighted by Crippen LogP contribution is -2.14. The molecule has 0 saturated carbocycles. The van der Waals surface area contributed by atoms with E-state index in [-0.39, 0.29) is 6.10 Å². The minimum atomic E-state index is -0.415. The standard InChI is InChI=1S/C10H13BrN2O2/c1-6(2)15-10(14)9-8(12-3)4-7(11)5-13-9/h4-6,12H,1-3H3. The summed E-state index contributed by atoms with van der Waals surface area (Å²) >= 11 is 3.28. The molecule has 82 valence electrons. The second-order valence-corrected chi connectivity index (χ2v) is 4.17. The Balaban J connectivity index is 2.97. The van der Waals surface area contributed by atoms with E-state index in [0.29, 0.717) is 11.4 Å². The van der Waals surface area contributed by atoms with E-state index < -0.39 is 5.97 Å². The minimum Gasteiger partial charge on any atom is -0.458 e. The predicted octanol–water partition coefficient (Wildman–Crippen LogP) is 2.45. The molecule has 0 aliphatic carbocycles. The van der Waals surface area contributed by atoms with Crippen molar-refractivity contribution >= 4 is 27.6 Å². The molecule has 1 heterocycles. The molecule has 0 saturated heterocycles. The molecule has 0 bridgehead atoms. The largest absolute Gasteiger partial charge is 0.458 e. The van der Waals surface area contributed by atoms with Crippen LogP contribution in [0.4, 0.5) is 5.69 Å². The van der Waals surface area contributed by atoms with Gasteiger partial charge in [0.15, 0.2) is 5.69 Å². The number of carbonyl (C=O) groups excluding carboxylic acids is 1. The van der Waals surface area contributed by atoms with Crippen LogP contribution in [0, 0.1) is 0 Å². The Morgan fingerprint density at radius 3 is 2.80 bits per heavy atom. The highest BCUT2D eigenvalue weighted by molar-refractivity contribution is 9.10. The summed E-state index contributed by atoms with van der Waals surface area (Å²) in [6, 6.07) is 1.78. The first kappa shape index (κ1) is 12.0. The molecule has 1 aromatic heterocycles. The summed E-state index contributed by atoms with van der Waals surface area (Å²) in [7, 11) is 1.73. The van der Waals surface area contributed by atoms with E-state index in [1.54, 1.807) is 33.2 Å². The van der Waals surface area contributed by atoms with Crippen molar-refractivity contribution in [2.75, 3.05) is 12.4 Å². The maximum Gasteiger partial charge on any atom is 0.359 e. The van der Waals surface area contributed by atoms with E-state index >= 15 is 0 Å². The van der Waals surface area contributed by atoms with E-state index in [4.69, 9.17) is 4.74 Å². The zero-order chi connectivity index (χ0) is 11.4. The normalized spacial score (nSPS) is 10.2. The third-order valence-electron chi connectivity index (χ3n) is 1.66. The van der Waals surface area contributed by atoms with Crippen LogP contribution in [-0.4, -0.2) is 24.1 Å². The molecule has 1 N–H and O–H groups in total. The van der Waals surface area contributed by atoms with Gasteiger partial charge in [0.25, 0.3) is 0 Å². The highest BCUT2D eigenvalue weighted by Gasteiger charge is 2.15. The highest BCUT2D eigenvalue weighted by atomic mass is 79.9. The van der Waals surface area contributed by atoms with Crippen molar-refractivity contribution in [3.8, 4) is 0 Å². The van der Waals surface area contributed by atoms with Gasteiger partial charge in [0.05, 0.1) is 11.8 Å². The quantitative estimate of drug-likeness (QED) is 0.859. The fourth-order valence-electron chi connectivity index (χ4n) is 1.06. The molecule has 0 amide bonds. The number of pyridine rings is 1. The van der Waals surface area contributed by atoms with Gasteiger partial charge in [0, 0.05) is 17.7 Å². The average Bonchev–Trinajstić information content (AvgIpc) is 2.16. The summed E-state index contributed by atoms with van der Waals surface area (Å²) in [6.45, 7) is 3.60. The number of nitrogens with one attached hydrogen (secondary N) is 1. The Labute approximate surface area is 97.2 Å². The van der Waals surface area contributed by atoms with Crippen molar-refractivity contribution < 1.29 is 9.53 Å². The van der Waals surface area contributed by atoms with Crippen molar-refractivity contribution in [3.63, 3.8) is 0 Å². The molecule has 1 aromatic rings. The third-order valence-corrected chi connectivity index (χ3v) is 2.09. The van der Waals surface area contributed by atoms with Gasteiger partial charge in [-0.25, -0.2) is 9.78 Å². The van der Waals surface area contributed by atoms with Gasteiger partial charge in [-0.2, -0.15) is 0 Å². The fourth-order valence-corrected chi connectivity index (χ4v) is 1.39. The Hall–Kier alpha value is -1.10. The second-order valence-electron chi connectivity index (χ2n) is 3.25. The van der Waals surface area contributed by atoms with E-state index in [0.717, 1.165) is 4.47 Å². The highest BCUT2D eigenvalue weighted by Crippen LogP contribution is 2.19. The van der Waals surface area contributed by atoms with Gasteiger partial charge in [-0.05, 0) is 35.8 Å². The number of carbonyl (C=O) groups is 1. The molecule has 0 fully saturated rings. The maximum absolute atomic E-state index is 11.6. The summed E-state index contributed by atoms with van der Waals surface area (Å²) in [6.07, 6.45) is 1.42. The van der Waals surface area contributed by atoms with Crippen LogP contribution in [-0.2, 0) is 4.74 Å². The number of anilines is 1. The van der Waals surface area contributed by atoms with Crippen molar-refractivity contribution in [1.82, 2.24) is 4.98 Å². The van der Waals surface area contributed by atoms with E-state index in [1.807, 2.05) is 0 Å². The first-order chi connectivity index (χ1) is 7.04. The molecule has 0 radical (unpaired) electrons. The number of hydrogen-bond acceptors (Lipinski definition) is 4. The Bertz CT molecular complexity index is 366. The van der Waals surface area contributed by atoms with E-state index in [1.165, 1.54) is 0 Å². The molecule has 1 rings (SSSR count). The van der Waals surface area contributed by atoms with Crippen molar-refractivity contribution in [3.05, 3.63) is 22.4 Å². The van der Waals surface area contributed by atoms with Crippen LogP contribution >= 0.6 is 15.9 Å². The number of ether oxygens (including phenoxy) is 1.